The third-order valence-corrected chi connectivity index (χ3v) is 4.06. The maximum Gasteiger partial charge on any atom is 0.339 e. The summed E-state index contributed by atoms with van der Waals surface area (Å²) in [7, 11) is 1.32. The molecule has 0 bridgehead atoms. The van der Waals surface area contributed by atoms with E-state index in [1.54, 1.807) is 0 Å². The van der Waals surface area contributed by atoms with Crippen molar-refractivity contribution in [3.63, 3.8) is 0 Å². The normalized spacial score (nSPS) is 12.6. The number of carboxylic acids is 1. The van der Waals surface area contributed by atoms with Crippen LogP contribution in [-0.4, -0.2) is 40.0 Å². The quantitative estimate of drug-likeness (QED) is 0.656. The Kier molecular flexibility index (Phi) is 3.30. The lowest BCUT2D eigenvalue weighted by Crippen LogP contribution is -2.24. The second-order valence-electron chi connectivity index (χ2n) is 5.32. The zero-order valence-corrected chi connectivity index (χ0v) is 12.7. The molecule has 0 aromatic heterocycles. The molecule has 3 rings (SSSR count). The summed E-state index contributed by atoms with van der Waals surface area (Å²) < 4.78 is 5.08. The molecular formula is C17H12O7. The van der Waals surface area contributed by atoms with Crippen molar-refractivity contribution in [3.05, 3.63) is 51.6 Å². The minimum atomic E-state index is -1.42. The largest absolute Gasteiger partial charge is 0.507 e. The van der Waals surface area contributed by atoms with Gasteiger partial charge in [0.2, 0.25) is 0 Å². The van der Waals surface area contributed by atoms with Crippen molar-refractivity contribution in [1.82, 2.24) is 0 Å². The lowest BCUT2D eigenvalue weighted by molar-refractivity contribution is 0.0692. The van der Waals surface area contributed by atoms with Crippen LogP contribution >= 0.6 is 0 Å². The smallest absolute Gasteiger partial charge is 0.339 e. The molecule has 24 heavy (non-hydrogen) atoms. The van der Waals surface area contributed by atoms with Crippen LogP contribution < -0.4 is 4.74 Å². The second kappa shape index (κ2) is 5.09. The number of carbonyl (C=O) groups excluding carboxylic acids is 2. The molecule has 0 aliphatic heterocycles. The van der Waals surface area contributed by atoms with Crippen molar-refractivity contribution < 1.29 is 34.4 Å². The number of ether oxygens (including phenoxy) is 1. The van der Waals surface area contributed by atoms with E-state index in [9.17, 15) is 29.7 Å². The lowest BCUT2D eigenvalue weighted by Gasteiger charge is -2.23. The highest BCUT2D eigenvalue weighted by Crippen LogP contribution is 2.41. The molecule has 0 fully saturated rings. The third-order valence-electron chi connectivity index (χ3n) is 4.06. The van der Waals surface area contributed by atoms with Crippen LogP contribution in [0.25, 0.3) is 0 Å². The number of hydrogen-bond acceptors (Lipinski definition) is 6. The molecule has 0 radical (unpaired) electrons. The number of aromatic hydroxyl groups is 2. The van der Waals surface area contributed by atoms with Gasteiger partial charge in [-0.2, -0.15) is 0 Å². The number of carbonyl (C=O) groups is 3. The van der Waals surface area contributed by atoms with Gasteiger partial charge in [0.15, 0.2) is 11.6 Å². The van der Waals surface area contributed by atoms with Gasteiger partial charge in [-0.1, -0.05) is 0 Å². The van der Waals surface area contributed by atoms with Crippen molar-refractivity contribution in [1.29, 1.82) is 0 Å². The fourth-order valence-electron chi connectivity index (χ4n) is 3.00. The first-order valence-corrected chi connectivity index (χ1v) is 6.88. The van der Waals surface area contributed by atoms with Crippen molar-refractivity contribution in [2.45, 2.75) is 6.92 Å². The third kappa shape index (κ3) is 1.88. The van der Waals surface area contributed by atoms with Gasteiger partial charge in [-0.05, 0) is 30.7 Å². The molecule has 0 saturated heterocycles. The van der Waals surface area contributed by atoms with Crippen LogP contribution in [0, 0.1) is 6.92 Å². The van der Waals surface area contributed by atoms with Gasteiger partial charge in [0.25, 0.3) is 0 Å². The van der Waals surface area contributed by atoms with E-state index < -0.39 is 34.6 Å². The summed E-state index contributed by atoms with van der Waals surface area (Å²) in [5.41, 5.74) is -1.12. The molecule has 122 valence electrons. The maximum atomic E-state index is 12.8. The summed E-state index contributed by atoms with van der Waals surface area (Å²) in [5.74, 6) is -3.67. The second-order valence-corrected chi connectivity index (χ2v) is 5.32. The fraction of sp³-hybridized carbons (Fsp3) is 0.118. The Labute approximate surface area is 135 Å². The number of phenolic OH excluding ortho intramolecular Hbond substituents is 1. The first kappa shape index (κ1) is 15.5. The van der Waals surface area contributed by atoms with E-state index in [0.717, 1.165) is 6.07 Å². The minimum absolute atomic E-state index is 0.0382. The zero-order chi connectivity index (χ0) is 17.8. The predicted molar refractivity (Wildman–Crippen MR) is 81.3 cm³/mol. The Hall–Kier alpha value is -3.35. The molecule has 1 aliphatic rings. The van der Waals surface area contributed by atoms with E-state index in [-0.39, 0.29) is 33.6 Å². The SMILES string of the molecule is COc1ccc(O)c2c1C(=O)c1cc(O)c(C(=O)O)c(C)c1C2=O. The molecule has 7 nitrogen and oxygen atoms in total. The number of rotatable bonds is 2. The monoisotopic (exact) mass is 328 g/mol. The number of benzene rings is 2. The van der Waals surface area contributed by atoms with Crippen LogP contribution in [0.4, 0.5) is 0 Å². The highest BCUT2D eigenvalue weighted by Gasteiger charge is 2.37. The first-order chi connectivity index (χ1) is 11.3. The van der Waals surface area contributed by atoms with Crippen LogP contribution in [0.5, 0.6) is 17.2 Å². The zero-order valence-electron chi connectivity index (χ0n) is 12.7. The number of fused-ring (bicyclic) bond motifs is 2. The van der Waals surface area contributed by atoms with E-state index in [0.29, 0.717) is 0 Å². The molecule has 0 amide bonds. The first-order valence-electron chi connectivity index (χ1n) is 6.88. The Morgan fingerprint density at radius 2 is 1.67 bits per heavy atom. The van der Waals surface area contributed by atoms with E-state index in [2.05, 4.69) is 0 Å². The fourth-order valence-corrected chi connectivity index (χ4v) is 3.00. The van der Waals surface area contributed by atoms with Gasteiger partial charge in [0.05, 0.1) is 18.2 Å². The summed E-state index contributed by atoms with van der Waals surface area (Å²) in [6, 6.07) is 3.53. The molecule has 0 saturated carbocycles. The molecule has 0 heterocycles. The molecule has 3 N–H and O–H groups in total. The average molecular weight is 328 g/mol. The van der Waals surface area contributed by atoms with Crippen molar-refractivity contribution in [2.24, 2.45) is 0 Å². The van der Waals surface area contributed by atoms with Crippen LogP contribution in [0.2, 0.25) is 0 Å². The van der Waals surface area contributed by atoms with Crippen molar-refractivity contribution in [3.8, 4) is 17.2 Å². The molecule has 0 unspecified atom stereocenters. The van der Waals surface area contributed by atoms with Crippen molar-refractivity contribution in [2.75, 3.05) is 7.11 Å². The molecule has 1 aliphatic carbocycles. The van der Waals surface area contributed by atoms with Gasteiger partial charge in [0, 0.05) is 11.1 Å². The number of aromatic carboxylic acids is 1. The minimum Gasteiger partial charge on any atom is -0.507 e. The number of phenols is 2. The highest BCUT2D eigenvalue weighted by molar-refractivity contribution is 6.31. The van der Waals surface area contributed by atoms with Gasteiger partial charge < -0.3 is 20.1 Å². The molecule has 7 heteroatoms. The number of ketones is 2. The summed E-state index contributed by atoms with van der Waals surface area (Å²) in [6.07, 6.45) is 0. The van der Waals surface area contributed by atoms with E-state index in [1.165, 1.54) is 26.2 Å². The predicted octanol–water partition coefficient (Wildman–Crippen LogP) is 1.89. The summed E-state index contributed by atoms with van der Waals surface area (Å²) in [5, 5.41) is 29.2. The Morgan fingerprint density at radius 3 is 2.25 bits per heavy atom. The number of carboxylic acid groups (broad SMARTS) is 1. The van der Waals surface area contributed by atoms with Crippen LogP contribution in [-0.2, 0) is 0 Å². The van der Waals surface area contributed by atoms with Gasteiger partial charge in [-0.25, -0.2) is 4.79 Å². The molecule has 0 atom stereocenters. The van der Waals surface area contributed by atoms with Crippen LogP contribution in [0.1, 0.15) is 47.8 Å². The topological polar surface area (TPSA) is 121 Å². The highest BCUT2D eigenvalue weighted by atomic mass is 16.5. The Balaban J connectivity index is 2.42. The van der Waals surface area contributed by atoms with Gasteiger partial charge >= 0.3 is 5.97 Å². The van der Waals surface area contributed by atoms with Crippen molar-refractivity contribution >= 4 is 17.5 Å². The summed E-state index contributed by atoms with van der Waals surface area (Å²) in [4.78, 5) is 36.9. The number of hydrogen-bond donors (Lipinski definition) is 3. The van der Waals surface area contributed by atoms with Gasteiger partial charge in [-0.15, -0.1) is 0 Å². The molecular weight excluding hydrogens is 316 g/mol. The average Bonchev–Trinajstić information content (AvgIpc) is 2.51. The maximum absolute atomic E-state index is 12.8. The summed E-state index contributed by atoms with van der Waals surface area (Å²) in [6.45, 7) is 1.33. The number of methoxy groups -OCH3 is 1. The Morgan fingerprint density at radius 1 is 1.00 bits per heavy atom. The summed E-state index contributed by atoms with van der Waals surface area (Å²) >= 11 is 0. The van der Waals surface area contributed by atoms with Gasteiger partial charge in [0.1, 0.15) is 22.8 Å². The lowest BCUT2D eigenvalue weighted by atomic mass is 9.79. The van der Waals surface area contributed by atoms with Crippen LogP contribution in [0.3, 0.4) is 0 Å². The van der Waals surface area contributed by atoms with E-state index in [4.69, 9.17) is 4.74 Å². The molecule has 0 spiro atoms. The van der Waals surface area contributed by atoms with Crippen LogP contribution in [0.15, 0.2) is 18.2 Å². The van der Waals surface area contributed by atoms with E-state index in [1.807, 2.05) is 0 Å². The molecule has 2 aromatic carbocycles. The standard InChI is InChI=1S/C17H12O7/c1-6-11-7(5-9(19)12(6)17(22)23)15(20)14-10(24-2)4-3-8(18)13(14)16(11)21/h3-5,18-19H,1-2H3,(H,22,23). The van der Waals surface area contributed by atoms with Gasteiger partial charge in [-0.3, -0.25) is 9.59 Å². The molecule has 2 aromatic rings. The van der Waals surface area contributed by atoms with E-state index >= 15 is 0 Å². The Bertz CT molecular complexity index is 941.